The van der Waals surface area contributed by atoms with Gasteiger partial charge in [-0.2, -0.15) is 0 Å². The van der Waals surface area contributed by atoms with Crippen LogP contribution < -0.4 is 0 Å². The molecule has 0 fully saturated rings. The minimum Gasteiger partial charge on any atom is -0.355 e. The van der Waals surface area contributed by atoms with E-state index in [1.54, 1.807) is 0 Å². The third kappa shape index (κ3) is 2.47. The second kappa shape index (κ2) is 4.85. The summed E-state index contributed by atoms with van der Waals surface area (Å²) in [6, 6.07) is 15.3. The van der Waals surface area contributed by atoms with E-state index >= 15 is 0 Å². The van der Waals surface area contributed by atoms with E-state index in [2.05, 4.69) is 5.16 Å². The summed E-state index contributed by atoms with van der Waals surface area (Å²) in [5.74, 6) is 0.818. The highest BCUT2D eigenvalue weighted by molar-refractivity contribution is 6.04. The van der Waals surface area contributed by atoms with Crippen LogP contribution in [0.25, 0.3) is 22.2 Å². The number of carbonyl (C=O) groups excluding carboxylic acids is 1. The number of hydrogen-bond acceptors (Lipinski definition) is 3. The van der Waals surface area contributed by atoms with E-state index in [1.165, 1.54) is 0 Å². The van der Waals surface area contributed by atoms with Gasteiger partial charge in [-0.25, -0.2) is 0 Å². The highest BCUT2D eigenvalue weighted by Gasteiger charge is 2.24. The van der Waals surface area contributed by atoms with Gasteiger partial charge in [0, 0.05) is 16.5 Å². The highest BCUT2D eigenvalue weighted by atomic mass is 16.5. The fraction of sp³-hybridized carbons (Fsp3) is 0.222. The Morgan fingerprint density at radius 3 is 2.43 bits per heavy atom. The molecule has 3 heteroatoms. The van der Waals surface area contributed by atoms with Crippen LogP contribution in [-0.2, 0) is 0 Å². The lowest BCUT2D eigenvalue weighted by molar-refractivity contribution is 0.0858. The smallest absolute Gasteiger partial charge is 0.174 e. The quantitative estimate of drug-likeness (QED) is 0.637. The molecule has 0 aliphatic carbocycles. The van der Waals surface area contributed by atoms with Crippen LogP contribution in [0, 0.1) is 5.41 Å². The first-order valence-corrected chi connectivity index (χ1v) is 6.96. The molecule has 0 unspecified atom stereocenters. The summed E-state index contributed by atoms with van der Waals surface area (Å²) in [4.78, 5) is 12.4. The summed E-state index contributed by atoms with van der Waals surface area (Å²) in [6.45, 7) is 5.77. The van der Waals surface area contributed by atoms with Crippen LogP contribution >= 0.6 is 0 Å². The Morgan fingerprint density at radius 1 is 1.05 bits per heavy atom. The van der Waals surface area contributed by atoms with E-state index in [0.29, 0.717) is 11.3 Å². The largest absolute Gasteiger partial charge is 0.355 e. The lowest BCUT2D eigenvalue weighted by Gasteiger charge is -2.16. The predicted octanol–water partition coefficient (Wildman–Crippen LogP) is 4.72. The maximum Gasteiger partial charge on any atom is 0.174 e. The summed E-state index contributed by atoms with van der Waals surface area (Å²) >= 11 is 0. The average molecular weight is 279 g/mol. The van der Waals surface area contributed by atoms with Crippen molar-refractivity contribution < 1.29 is 9.32 Å². The molecular formula is C18H17NO2. The molecule has 0 spiro atoms. The van der Waals surface area contributed by atoms with Gasteiger partial charge in [0.15, 0.2) is 11.5 Å². The molecule has 1 heterocycles. The zero-order valence-corrected chi connectivity index (χ0v) is 12.4. The fourth-order valence-corrected chi connectivity index (χ4v) is 2.31. The minimum atomic E-state index is -0.405. The Bertz CT molecular complexity index is 795. The van der Waals surface area contributed by atoms with Crippen molar-refractivity contribution in [2.24, 2.45) is 5.41 Å². The molecule has 3 aromatic rings. The summed E-state index contributed by atoms with van der Waals surface area (Å²) in [5, 5.41) is 4.94. The van der Waals surface area contributed by atoms with E-state index in [9.17, 15) is 4.79 Å². The third-order valence-electron chi connectivity index (χ3n) is 3.46. The van der Waals surface area contributed by atoms with Gasteiger partial charge in [0.05, 0.1) is 5.39 Å². The number of carbonyl (C=O) groups is 1. The van der Waals surface area contributed by atoms with E-state index in [-0.39, 0.29) is 5.78 Å². The number of fused-ring (bicyclic) bond motifs is 1. The van der Waals surface area contributed by atoms with Gasteiger partial charge in [0.25, 0.3) is 0 Å². The standard InChI is InChI=1S/C18H17NO2/c1-18(2,3)17(20)13-9-10-15-14(11-13)16(21-19-15)12-7-5-4-6-8-12/h4-11H,1-3H3. The van der Waals surface area contributed by atoms with Crippen molar-refractivity contribution in [3.05, 3.63) is 54.1 Å². The molecule has 0 aliphatic rings. The Kier molecular flexibility index (Phi) is 3.13. The first kappa shape index (κ1) is 13.6. The lowest BCUT2D eigenvalue weighted by atomic mass is 9.86. The Labute approximate surface area is 123 Å². The van der Waals surface area contributed by atoms with E-state index < -0.39 is 5.41 Å². The number of aromatic nitrogens is 1. The first-order chi connectivity index (χ1) is 9.97. The van der Waals surface area contributed by atoms with Gasteiger partial charge < -0.3 is 4.52 Å². The number of rotatable bonds is 2. The number of ketones is 1. The number of nitrogens with zero attached hydrogens (tertiary/aromatic N) is 1. The maximum absolute atomic E-state index is 12.4. The number of benzene rings is 2. The molecule has 0 aliphatic heterocycles. The second-order valence-electron chi connectivity index (χ2n) is 6.19. The Balaban J connectivity index is 2.15. The molecule has 0 atom stereocenters. The molecule has 1 aromatic heterocycles. The van der Waals surface area contributed by atoms with Crippen molar-refractivity contribution in [3.63, 3.8) is 0 Å². The summed E-state index contributed by atoms with van der Waals surface area (Å²) in [7, 11) is 0. The van der Waals surface area contributed by atoms with E-state index in [1.807, 2.05) is 69.3 Å². The van der Waals surface area contributed by atoms with Crippen molar-refractivity contribution in [1.82, 2.24) is 5.16 Å². The van der Waals surface area contributed by atoms with Gasteiger partial charge in [0.1, 0.15) is 5.52 Å². The monoisotopic (exact) mass is 279 g/mol. The zero-order valence-electron chi connectivity index (χ0n) is 12.4. The third-order valence-corrected chi connectivity index (χ3v) is 3.46. The topological polar surface area (TPSA) is 43.1 Å². The first-order valence-electron chi connectivity index (χ1n) is 6.96. The fourth-order valence-electron chi connectivity index (χ4n) is 2.31. The van der Waals surface area contributed by atoms with Crippen molar-refractivity contribution in [2.75, 3.05) is 0 Å². The highest BCUT2D eigenvalue weighted by Crippen LogP contribution is 2.30. The maximum atomic E-state index is 12.4. The summed E-state index contributed by atoms with van der Waals surface area (Å²) in [6.07, 6.45) is 0. The van der Waals surface area contributed by atoms with Crippen LogP contribution in [0.4, 0.5) is 0 Å². The number of Topliss-reactive ketones (excluding diaryl/α,β-unsaturated/α-hetero) is 1. The lowest BCUT2D eigenvalue weighted by Crippen LogP contribution is -2.19. The normalized spacial score (nSPS) is 11.8. The van der Waals surface area contributed by atoms with Crippen molar-refractivity contribution in [1.29, 1.82) is 0 Å². The van der Waals surface area contributed by atoms with Gasteiger partial charge in [-0.05, 0) is 18.2 Å². The summed E-state index contributed by atoms with van der Waals surface area (Å²) < 4.78 is 5.46. The second-order valence-corrected chi connectivity index (χ2v) is 6.19. The Morgan fingerprint density at radius 2 is 1.76 bits per heavy atom. The zero-order chi connectivity index (χ0) is 15.0. The van der Waals surface area contributed by atoms with Gasteiger partial charge in [-0.15, -0.1) is 0 Å². The molecule has 0 saturated carbocycles. The molecule has 3 rings (SSSR count). The van der Waals surface area contributed by atoms with Crippen molar-refractivity contribution >= 4 is 16.7 Å². The van der Waals surface area contributed by atoms with Crippen LogP contribution in [-0.4, -0.2) is 10.9 Å². The molecule has 0 bridgehead atoms. The van der Waals surface area contributed by atoms with Crippen LogP contribution in [0.3, 0.4) is 0 Å². The van der Waals surface area contributed by atoms with Crippen LogP contribution in [0.1, 0.15) is 31.1 Å². The SMILES string of the molecule is CC(C)(C)C(=O)c1ccc2noc(-c3ccccc3)c2c1. The van der Waals surface area contributed by atoms with E-state index in [4.69, 9.17) is 4.52 Å². The van der Waals surface area contributed by atoms with Gasteiger partial charge in [-0.3, -0.25) is 4.79 Å². The van der Waals surface area contributed by atoms with Gasteiger partial charge >= 0.3 is 0 Å². The van der Waals surface area contributed by atoms with Crippen LogP contribution in [0.5, 0.6) is 0 Å². The molecule has 2 aromatic carbocycles. The van der Waals surface area contributed by atoms with Gasteiger partial charge in [0.2, 0.25) is 0 Å². The van der Waals surface area contributed by atoms with Crippen LogP contribution in [0.15, 0.2) is 53.1 Å². The molecule has 3 nitrogen and oxygen atoms in total. The van der Waals surface area contributed by atoms with Crippen molar-refractivity contribution in [3.8, 4) is 11.3 Å². The predicted molar refractivity (Wildman–Crippen MR) is 83.2 cm³/mol. The molecule has 0 amide bonds. The average Bonchev–Trinajstić information content (AvgIpc) is 2.89. The van der Waals surface area contributed by atoms with E-state index in [0.717, 1.165) is 16.5 Å². The van der Waals surface area contributed by atoms with Crippen LogP contribution in [0.2, 0.25) is 0 Å². The molecule has 21 heavy (non-hydrogen) atoms. The Hall–Kier alpha value is -2.42. The summed E-state index contributed by atoms with van der Waals surface area (Å²) in [5.41, 5.74) is 2.01. The number of hydrogen-bond donors (Lipinski definition) is 0. The van der Waals surface area contributed by atoms with Gasteiger partial charge in [-0.1, -0.05) is 56.3 Å². The molecule has 0 N–H and O–H groups in total. The molecule has 106 valence electrons. The molecule has 0 saturated heterocycles. The van der Waals surface area contributed by atoms with Crippen molar-refractivity contribution in [2.45, 2.75) is 20.8 Å². The molecule has 0 radical (unpaired) electrons. The molecular weight excluding hydrogens is 262 g/mol. The minimum absolute atomic E-state index is 0.115.